The van der Waals surface area contributed by atoms with Crippen LogP contribution in [0.25, 0.3) is 11.0 Å². The van der Waals surface area contributed by atoms with E-state index in [1.54, 1.807) is 12.1 Å². The predicted molar refractivity (Wildman–Crippen MR) is 61.1 cm³/mol. The van der Waals surface area contributed by atoms with Crippen LogP contribution in [0.15, 0.2) is 22.6 Å². The number of alkyl halides is 3. The third-order valence-corrected chi connectivity index (χ3v) is 3.24. The molecule has 0 atom stereocenters. The van der Waals surface area contributed by atoms with E-state index in [-0.39, 0.29) is 18.0 Å². The number of rotatable bonds is 2. The Kier molecular flexibility index (Phi) is 2.41. The van der Waals surface area contributed by atoms with Crippen LogP contribution in [0, 0.1) is 0 Å². The minimum atomic E-state index is -4.40. The number of hydrogen-bond acceptors (Lipinski definition) is 2. The Morgan fingerprint density at radius 3 is 2.50 bits per heavy atom. The molecule has 1 fully saturated rings. The van der Waals surface area contributed by atoms with Gasteiger partial charge in [-0.15, -0.1) is 0 Å². The number of furan rings is 1. The summed E-state index contributed by atoms with van der Waals surface area (Å²) in [5.74, 6) is 0.648. The van der Waals surface area contributed by atoms with Crippen LogP contribution in [0.3, 0.4) is 0 Å². The molecule has 1 aromatic carbocycles. The van der Waals surface area contributed by atoms with Crippen molar-refractivity contribution in [1.82, 2.24) is 0 Å². The van der Waals surface area contributed by atoms with Crippen LogP contribution in [0.1, 0.15) is 35.6 Å². The van der Waals surface area contributed by atoms with Crippen LogP contribution in [-0.4, -0.2) is 0 Å². The normalized spacial score (nSPS) is 16.4. The van der Waals surface area contributed by atoms with Gasteiger partial charge in [0, 0.05) is 5.39 Å². The predicted octanol–water partition coefficient (Wildman–Crippen LogP) is 3.79. The molecule has 0 aliphatic heterocycles. The van der Waals surface area contributed by atoms with Gasteiger partial charge < -0.3 is 10.2 Å². The first-order valence-corrected chi connectivity index (χ1v) is 5.82. The summed E-state index contributed by atoms with van der Waals surface area (Å²) in [6.07, 6.45) is -2.47. The number of nitrogens with two attached hydrogens (primary N) is 1. The van der Waals surface area contributed by atoms with Crippen molar-refractivity contribution in [3.63, 3.8) is 0 Å². The van der Waals surface area contributed by atoms with E-state index in [2.05, 4.69) is 0 Å². The Hall–Kier alpha value is -1.49. The van der Waals surface area contributed by atoms with E-state index in [0.717, 1.165) is 18.4 Å². The highest BCUT2D eigenvalue weighted by atomic mass is 19.4. The fraction of sp³-hybridized carbons (Fsp3) is 0.385. The Bertz CT molecular complexity index is 596. The van der Waals surface area contributed by atoms with Crippen molar-refractivity contribution >= 4 is 11.0 Å². The van der Waals surface area contributed by atoms with Crippen LogP contribution < -0.4 is 5.73 Å². The molecule has 3 rings (SSSR count). The highest BCUT2D eigenvalue weighted by molar-refractivity contribution is 5.83. The smallest absolute Gasteiger partial charge is 0.420 e. The lowest BCUT2D eigenvalue weighted by Gasteiger charge is -2.09. The maximum Gasteiger partial charge on any atom is 0.420 e. The summed E-state index contributed by atoms with van der Waals surface area (Å²) in [7, 11) is 0. The third kappa shape index (κ3) is 1.88. The SMILES string of the molecule is NCc1cc2cc(C3CC3)cc(C(F)(F)F)c2o1. The van der Waals surface area contributed by atoms with Gasteiger partial charge in [-0.3, -0.25) is 0 Å². The molecule has 1 saturated carbocycles. The first kappa shape index (κ1) is 11.6. The standard InChI is InChI=1S/C13H12F3NO/c14-13(15,16)11-5-8(7-1-2-7)3-9-4-10(6-17)18-12(9)11/h3-5,7H,1-2,6,17H2. The summed E-state index contributed by atoms with van der Waals surface area (Å²) in [4.78, 5) is 0. The summed E-state index contributed by atoms with van der Waals surface area (Å²) in [5.41, 5.74) is 5.36. The van der Waals surface area contributed by atoms with Crippen molar-refractivity contribution in [2.24, 2.45) is 5.73 Å². The van der Waals surface area contributed by atoms with E-state index in [4.69, 9.17) is 10.2 Å². The van der Waals surface area contributed by atoms with Gasteiger partial charge in [0.2, 0.25) is 0 Å². The molecule has 0 spiro atoms. The van der Waals surface area contributed by atoms with Gasteiger partial charge in [-0.25, -0.2) is 0 Å². The van der Waals surface area contributed by atoms with E-state index in [9.17, 15) is 13.2 Å². The minimum Gasteiger partial charge on any atom is -0.459 e. The molecule has 2 N–H and O–H groups in total. The molecule has 96 valence electrons. The molecule has 1 aliphatic rings. The highest BCUT2D eigenvalue weighted by Gasteiger charge is 2.36. The Balaban J connectivity index is 2.25. The lowest BCUT2D eigenvalue weighted by Crippen LogP contribution is -2.06. The maximum atomic E-state index is 13.0. The molecular weight excluding hydrogens is 243 g/mol. The zero-order valence-corrected chi connectivity index (χ0v) is 9.55. The molecule has 18 heavy (non-hydrogen) atoms. The molecule has 2 nitrogen and oxygen atoms in total. The molecule has 1 aromatic heterocycles. The fourth-order valence-corrected chi connectivity index (χ4v) is 2.19. The van der Waals surface area contributed by atoms with E-state index >= 15 is 0 Å². The van der Waals surface area contributed by atoms with Gasteiger partial charge in [-0.05, 0) is 42.5 Å². The number of hydrogen-bond donors (Lipinski definition) is 1. The highest BCUT2D eigenvalue weighted by Crippen LogP contribution is 2.44. The molecule has 0 bridgehead atoms. The average Bonchev–Trinajstić information content (AvgIpc) is 3.06. The summed E-state index contributed by atoms with van der Waals surface area (Å²) in [6, 6.07) is 4.59. The second kappa shape index (κ2) is 3.75. The van der Waals surface area contributed by atoms with Gasteiger partial charge in [0.15, 0.2) is 0 Å². The van der Waals surface area contributed by atoms with Gasteiger partial charge in [0.25, 0.3) is 0 Å². The minimum absolute atomic E-state index is 0.102. The van der Waals surface area contributed by atoms with Crippen LogP contribution in [0.2, 0.25) is 0 Å². The van der Waals surface area contributed by atoms with Crippen molar-refractivity contribution in [1.29, 1.82) is 0 Å². The van der Waals surface area contributed by atoms with E-state index in [1.165, 1.54) is 6.07 Å². The number of fused-ring (bicyclic) bond motifs is 1. The van der Waals surface area contributed by atoms with Crippen molar-refractivity contribution in [3.05, 3.63) is 35.1 Å². The molecule has 1 heterocycles. The van der Waals surface area contributed by atoms with Gasteiger partial charge in [-0.1, -0.05) is 0 Å². The molecule has 0 saturated heterocycles. The summed E-state index contributed by atoms with van der Waals surface area (Å²) >= 11 is 0. The third-order valence-electron chi connectivity index (χ3n) is 3.24. The summed E-state index contributed by atoms with van der Waals surface area (Å²) < 4.78 is 44.2. The topological polar surface area (TPSA) is 39.2 Å². The van der Waals surface area contributed by atoms with E-state index in [1.807, 2.05) is 0 Å². The van der Waals surface area contributed by atoms with Crippen molar-refractivity contribution < 1.29 is 17.6 Å². The molecule has 5 heteroatoms. The van der Waals surface area contributed by atoms with E-state index in [0.29, 0.717) is 11.1 Å². The largest absolute Gasteiger partial charge is 0.459 e. The molecule has 0 amide bonds. The molecule has 2 aromatic rings. The van der Waals surface area contributed by atoms with Crippen molar-refractivity contribution in [2.45, 2.75) is 31.5 Å². The summed E-state index contributed by atoms with van der Waals surface area (Å²) in [5, 5.41) is 0.493. The Morgan fingerprint density at radius 1 is 1.22 bits per heavy atom. The number of benzene rings is 1. The van der Waals surface area contributed by atoms with Crippen molar-refractivity contribution in [3.8, 4) is 0 Å². The Morgan fingerprint density at radius 2 is 1.94 bits per heavy atom. The quantitative estimate of drug-likeness (QED) is 0.886. The first-order chi connectivity index (χ1) is 8.49. The number of halogens is 3. The second-order valence-corrected chi connectivity index (χ2v) is 4.68. The maximum absolute atomic E-state index is 13.0. The second-order valence-electron chi connectivity index (χ2n) is 4.68. The molecule has 0 unspecified atom stereocenters. The zero-order valence-electron chi connectivity index (χ0n) is 9.55. The van der Waals surface area contributed by atoms with Gasteiger partial charge in [0.1, 0.15) is 11.3 Å². The zero-order chi connectivity index (χ0) is 12.9. The van der Waals surface area contributed by atoms with Gasteiger partial charge in [0.05, 0.1) is 12.1 Å². The van der Waals surface area contributed by atoms with Crippen LogP contribution in [0.4, 0.5) is 13.2 Å². The molecule has 1 aliphatic carbocycles. The lowest BCUT2D eigenvalue weighted by molar-refractivity contribution is -0.136. The lowest BCUT2D eigenvalue weighted by atomic mass is 10.0. The van der Waals surface area contributed by atoms with Crippen molar-refractivity contribution in [2.75, 3.05) is 0 Å². The van der Waals surface area contributed by atoms with Crippen LogP contribution in [0.5, 0.6) is 0 Å². The Labute approximate surface area is 102 Å². The van der Waals surface area contributed by atoms with Crippen LogP contribution >= 0.6 is 0 Å². The first-order valence-electron chi connectivity index (χ1n) is 5.82. The van der Waals surface area contributed by atoms with E-state index < -0.39 is 11.7 Å². The van der Waals surface area contributed by atoms with Crippen LogP contribution in [-0.2, 0) is 12.7 Å². The fourth-order valence-electron chi connectivity index (χ4n) is 2.19. The summed E-state index contributed by atoms with van der Waals surface area (Å²) in [6.45, 7) is 0.102. The molecular formula is C13H12F3NO. The van der Waals surface area contributed by atoms with Gasteiger partial charge in [-0.2, -0.15) is 13.2 Å². The molecule has 0 radical (unpaired) electrons. The van der Waals surface area contributed by atoms with Gasteiger partial charge >= 0.3 is 6.18 Å². The average molecular weight is 255 g/mol. The monoisotopic (exact) mass is 255 g/mol.